The number of carbonyl (C=O) groups is 1. The van der Waals surface area contributed by atoms with Gasteiger partial charge in [0.25, 0.3) is 0 Å². The summed E-state index contributed by atoms with van der Waals surface area (Å²) in [6.07, 6.45) is 17.6. The molecule has 1 aliphatic heterocycles. The standard InChI is InChI=1S/C40H58N2O6/c1-2-3-4-5-8-13-34(43)14-9-6-7-10-16-36(39(46)47)38(45)19-21-40(48)27-30(23-29-20-22-41-28-29)24-32(40)26-33-17-18-37(42-33)31-12-11-15-35(44)25-31/h11-12,15,17-18,20,22,25,28,30,32,34,36,38,42-43,45,48H,2-10,13-14,16,19,21,23-24,26-27H2,1H3,(H-,44,46,47)/p+1/t30-,32-,34-,36-,38+,40+/m0/s1. The van der Waals surface area contributed by atoms with Gasteiger partial charge in [-0.3, -0.25) is 4.79 Å². The predicted molar refractivity (Wildman–Crippen MR) is 192 cm³/mol. The Morgan fingerprint density at radius 3 is 2.38 bits per heavy atom. The smallest absolute Gasteiger partial charge is 0.309 e. The average molecular weight is 664 g/mol. The van der Waals surface area contributed by atoms with Crippen molar-refractivity contribution in [1.29, 1.82) is 0 Å². The number of aliphatic imine (C=N–C) groups is 1. The van der Waals surface area contributed by atoms with Crippen LogP contribution in [0.2, 0.25) is 0 Å². The molecule has 2 aliphatic rings. The van der Waals surface area contributed by atoms with Crippen LogP contribution in [0, 0.1) is 24.3 Å². The largest absolute Gasteiger partial charge is 0.508 e. The fraction of sp³-hybridized carbons (Fsp3) is 0.625. The van der Waals surface area contributed by atoms with Gasteiger partial charge >= 0.3 is 5.97 Å². The first-order valence-electron chi connectivity index (χ1n) is 18.5. The lowest BCUT2D eigenvalue weighted by Gasteiger charge is -2.32. The number of allylic oxidation sites excluding steroid dienone is 1. The fourth-order valence-corrected chi connectivity index (χ4v) is 7.85. The maximum atomic E-state index is 12.2. The highest BCUT2D eigenvalue weighted by Gasteiger charge is 2.47. The Hall–Kier alpha value is -3.07. The van der Waals surface area contributed by atoms with Crippen LogP contribution in [0.5, 0.6) is 5.75 Å². The van der Waals surface area contributed by atoms with Crippen molar-refractivity contribution in [2.24, 2.45) is 22.7 Å². The van der Waals surface area contributed by atoms with Crippen molar-refractivity contribution in [3.8, 4) is 17.0 Å². The second-order valence-electron chi connectivity index (χ2n) is 14.5. The highest BCUT2D eigenvalue weighted by atomic mass is 16.4. The van der Waals surface area contributed by atoms with Crippen LogP contribution in [0.25, 0.3) is 11.3 Å². The molecule has 0 saturated heterocycles. The number of nitrogens with one attached hydrogen (secondary N) is 1. The maximum Gasteiger partial charge on any atom is 0.309 e. The minimum absolute atomic E-state index is 0.0525. The molecule has 1 aromatic carbocycles. The molecule has 1 aliphatic carbocycles. The topological polar surface area (TPSA) is 146 Å². The first kappa shape index (κ1) is 37.7. The average Bonchev–Trinajstić information content (AvgIpc) is 3.81. The van der Waals surface area contributed by atoms with Gasteiger partial charge in [0.1, 0.15) is 17.9 Å². The van der Waals surface area contributed by atoms with Gasteiger partial charge in [0.05, 0.1) is 29.8 Å². The Labute approximate surface area is 287 Å². The highest BCUT2D eigenvalue weighted by molar-refractivity contribution is 5.82. The Kier molecular flexibility index (Phi) is 15.1. The third-order valence-electron chi connectivity index (χ3n) is 10.6. The van der Waals surface area contributed by atoms with Crippen molar-refractivity contribution in [3.63, 3.8) is 0 Å². The third kappa shape index (κ3) is 11.8. The first-order valence-corrected chi connectivity index (χ1v) is 18.5. The number of aromatic amines is 1. The molecular weight excluding hydrogens is 604 g/mol. The number of hydrogen-bond acceptors (Lipinski definition) is 6. The molecule has 0 amide bonds. The maximum absolute atomic E-state index is 12.2. The summed E-state index contributed by atoms with van der Waals surface area (Å²) in [6, 6.07) is 11.1. The predicted octanol–water partition coefficient (Wildman–Crippen LogP) is 8.15. The molecule has 6 N–H and O–H groups in total. The number of aromatic nitrogens is 1. The van der Waals surface area contributed by atoms with Crippen molar-refractivity contribution >= 4 is 12.2 Å². The Bertz CT molecular complexity index is 1320. The summed E-state index contributed by atoms with van der Waals surface area (Å²) in [5.41, 5.74) is 2.91. The summed E-state index contributed by atoms with van der Waals surface area (Å²) < 4.78 is 0. The van der Waals surface area contributed by atoms with E-state index in [1.807, 2.05) is 36.6 Å². The fourth-order valence-electron chi connectivity index (χ4n) is 7.85. The van der Waals surface area contributed by atoms with Crippen molar-refractivity contribution in [2.75, 3.05) is 0 Å². The van der Waals surface area contributed by atoms with E-state index in [0.29, 0.717) is 25.7 Å². The van der Waals surface area contributed by atoms with E-state index in [-0.39, 0.29) is 30.1 Å². The molecule has 2 aromatic rings. The van der Waals surface area contributed by atoms with E-state index in [4.69, 9.17) is 0 Å². The summed E-state index contributed by atoms with van der Waals surface area (Å²) in [6.45, 7) is 3.99. The lowest BCUT2D eigenvalue weighted by atomic mass is 9.81. The van der Waals surface area contributed by atoms with Crippen LogP contribution in [-0.2, 0) is 11.2 Å². The number of aromatic hydroxyl groups is 1. The molecule has 1 fully saturated rings. The summed E-state index contributed by atoms with van der Waals surface area (Å²) >= 11 is 0. The van der Waals surface area contributed by atoms with E-state index >= 15 is 0 Å². The summed E-state index contributed by atoms with van der Waals surface area (Å²) in [5.74, 6) is -1.43. The van der Waals surface area contributed by atoms with Crippen LogP contribution in [0.4, 0.5) is 0 Å². The molecule has 4 rings (SSSR count). The Morgan fingerprint density at radius 1 is 0.979 bits per heavy atom. The zero-order valence-electron chi connectivity index (χ0n) is 28.9. The second kappa shape index (κ2) is 19.2. The van der Waals surface area contributed by atoms with E-state index in [0.717, 1.165) is 80.3 Å². The highest BCUT2D eigenvalue weighted by Crippen LogP contribution is 2.47. The van der Waals surface area contributed by atoms with Gasteiger partial charge in [-0.05, 0) is 87.5 Å². The second-order valence-corrected chi connectivity index (χ2v) is 14.5. The quantitative estimate of drug-likeness (QED) is 0.0523. The Morgan fingerprint density at radius 2 is 1.71 bits per heavy atom. The number of carboxylic acid groups (broad SMARTS) is 1. The van der Waals surface area contributed by atoms with Crippen molar-refractivity contribution in [3.05, 3.63) is 60.3 Å². The van der Waals surface area contributed by atoms with Crippen molar-refractivity contribution in [2.45, 2.75) is 140 Å². The number of H-pyrrole nitrogens is 1. The zero-order chi connectivity index (χ0) is 34.4. The van der Waals surface area contributed by atoms with Gasteiger partial charge in [0.15, 0.2) is 6.21 Å². The number of carboxylic acids is 1. The molecule has 0 spiro atoms. The lowest BCUT2D eigenvalue weighted by Crippen LogP contribution is -2.37. The molecular formula is C40H59N2O6+. The molecule has 48 heavy (non-hydrogen) atoms. The van der Waals surface area contributed by atoms with Gasteiger partial charge in [-0.25, -0.2) is 0 Å². The van der Waals surface area contributed by atoms with Crippen LogP contribution >= 0.6 is 0 Å². The number of aliphatic carboxylic acids is 1. The molecule has 0 unspecified atom stereocenters. The number of rotatable bonds is 23. The van der Waals surface area contributed by atoms with Gasteiger partial charge < -0.3 is 30.5 Å². The van der Waals surface area contributed by atoms with Crippen molar-refractivity contribution < 1.29 is 30.3 Å². The molecule has 8 heteroatoms. The normalized spacial score (nSPS) is 22.4. The summed E-state index contributed by atoms with van der Waals surface area (Å²) in [7, 11) is 0. The SMILES string of the molecule is CCCCCCC[C@H](O)CCCCCC[C@H](C(=O)O)[C@H](O)CC[C@@]1(O)C[C@@H](CC2=C[CH+]N=C2)C[C@H]1Cc1ccc(-c2cccc(O)c2)[nH]1. The van der Waals surface area contributed by atoms with Gasteiger partial charge in [-0.15, -0.1) is 4.99 Å². The van der Waals surface area contributed by atoms with Gasteiger partial charge in [0, 0.05) is 23.4 Å². The number of aliphatic hydroxyl groups excluding tert-OH is 2. The molecule has 1 aromatic heterocycles. The number of hydrogen-bond donors (Lipinski definition) is 6. The molecule has 8 nitrogen and oxygen atoms in total. The van der Waals surface area contributed by atoms with E-state index in [1.54, 1.807) is 18.7 Å². The number of nitrogens with zero attached hydrogens (tertiary/aromatic N) is 1. The Balaban J connectivity index is 1.27. The van der Waals surface area contributed by atoms with Crippen LogP contribution in [0.3, 0.4) is 0 Å². The molecule has 6 atom stereocenters. The summed E-state index contributed by atoms with van der Waals surface area (Å²) in [5, 5.41) is 53.4. The summed E-state index contributed by atoms with van der Waals surface area (Å²) in [4.78, 5) is 19.9. The molecule has 264 valence electrons. The van der Waals surface area contributed by atoms with E-state index < -0.39 is 23.6 Å². The number of aliphatic hydroxyl groups is 3. The van der Waals surface area contributed by atoms with E-state index in [9.17, 15) is 30.3 Å². The number of benzene rings is 1. The number of phenols is 1. The molecule has 2 heterocycles. The molecule has 0 bridgehead atoms. The van der Waals surface area contributed by atoms with Crippen LogP contribution in [0.15, 0.2) is 53.0 Å². The van der Waals surface area contributed by atoms with Gasteiger partial charge in [-0.2, -0.15) is 0 Å². The zero-order valence-corrected chi connectivity index (χ0v) is 28.9. The minimum atomic E-state index is -1.03. The van der Waals surface area contributed by atoms with Crippen LogP contribution in [-0.4, -0.2) is 60.5 Å². The van der Waals surface area contributed by atoms with E-state index in [1.165, 1.54) is 25.7 Å². The van der Waals surface area contributed by atoms with Gasteiger partial charge in [0.2, 0.25) is 0 Å². The third-order valence-corrected chi connectivity index (χ3v) is 10.6. The van der Waals surface area contributed by atoms with Gasteiger partial charge in [-0.1, -0.05) is 76.8 Å². The first-order chi connectivity index (χ1) is 23.2. The number of phenolic OH excluding ortho intramolecular Hbond substituents is 1. The minimum Gasteiger partial charge on any atom is -0.508 e. The van der Waals surface area contributed by atoms with Crippen LogP contribution < -0.4 is 0 Å². The molecule has 0 radical (unpaired) electrons. The monoisotopic (exact) mass is 663 g/mol. The van der Waals surface area contributed by atoms with Crippen molar-refractivity contribution in [1.82, 2.24) is 4.98 Å². The van der Waals surface area contributed by atoms with E-state index in [2.05, 4.69) is 16.9 Å². The molecule has 1 saturated carbocycles. The number of unbranched alkanes of at least 4 members (excludes halogenated alkanes) is 7. The van der Waals surface area contributed by atoms with Crippen LogP contribution in [0.1, 0.15) is 122 Å². The lowest BCUT2D eigenvalue weighted by molar-refractivity contribution is -0.146.